The first-order chi connectivity index (χ1) is 22.7. The third-order valence-electron chi connectivity index (χ3n) is 8.38. The van der Waals surface area contributed by atoms with E-state index < -0.39 is 12.1 Å². The summed E-state index contributed by atoms with van der Waals surface area (Å²) in [5.41, 5.74) is 10.6. The first-order valence-electron chi connectivity index (χ1n) is 16.3. The number of ether oxygens (including phenoxy) is 3. The topological polar surface area (TPSA) is 135 Å². The van der Waals surface area contributed by atoms with Crippen LogP contribution in [0.15, 0.2) is 78.9 Å². The standard InChI is InChI=1S/C19H21NO.C10H14O4.C9H17NO2/c1-20(2)13-7-11-17-16-9-4-3-8-15(16)14-21-19-12-6-5-10-18(17)19;1-13-9-4-2-3-5-10(9)14-7-8(12)6-11;10-7-9(6-8(11)12)4-2-1-3-5-9/h3-6,8-12H,7,13-14H2,1-2H3;2-5,8,11-12H,6-7H2,1H3;1-7,10H2,(H,11,12). The highest BCUT2D eigenvalue weighted by molar-refractivity contribution is 5.84. The summed E-state index contributed by atoms with van der Waals surface area (Å²) in [4.78, 5) is 12.8. The van der Waals surface area contributed by atoms with Crippen LogP contribution in [0.3, 0.4) is 0 Å². The fourth-order valence-electron chi connectivity index (χ4n) is 5.76. The maximum atomic E-state index is 10.6. The summed E-state index contributed by atoms with van der Waals surface area (Å²) in [6, 6.07) is 24.0. The SMILES string of the molecule is CN(C)CCC=C1c2ccccc2COc2ccccc21.COc1ccccc1OCC(O)CO.NCC1(CC(=O)O)CCCCC1. The summed E-state index contributed by atoms with van der Waals surface area (Å²) < 4.78 is 16.3. The Kier molecular flexibility index (Phi) is 15.7. The highest BCUT2D eigenvalue weighted by atomic mass is 16.5. The van der Waals surface area contributed by atoms with Crippen molar-refractivity contribution in [1.82, 2.24) is 4.90 Å². The molecule has 1 heterocycles. The van der Waals surface area contributed by atoms with Crippen LogP contribution in [-0.2, 0) is 11.4 Å². The van der Waals surface area contributed by atoms with Gasteiger partial charge in [0.2, 0.25) is 0 Å². The number of hydrogen-bond acceptors (Lipinski definition) is 8. The van der Waals surface area contributed by atoms with E-state index in [0.29, 0.717) is 24.7 Å². The van der Waals surface area contributed by atoms with Crippen molar-refractivity contribution in [3.05, 3.63) is 95.6 Å². The molecule has 0 saturated heterocycles. The fourth-order valence-corrected chi connectivity index (χ4v) is 5.76. The zero-order valence-corrected chi connectivity index (χ0v) is 28.1. The van der Waals surface area contributed by atoms with Gasteiger partial charge in [-0.25, -0.2) is 0 Å². The lowest BCUT2D eigenvalue weighted by Crippen LogP contribution is -2.34. The van der Waals surface area contributed by atoms with Crippen molar-refractivity contribution in [2.45, 2.75) is 57.7 Å². The van der Waals surface area contributed by atoms with Gasteiger partial charge in [0.05, 0.1) is 20.1 Å². The van der Waals surface area contributed by atoms with Gasteiger partial charge in [0, 0.05) is 12.1 Å². The summed E-state index contributed by atoms with van der Waals surface area (Å²) in [6.45, 7) is 1.96. The molecule has 0 bridgehead atoms. The van der Waals surface area contributed by atoms with Crippen LogP contribution in [-0.4, -0.2) is 79.8 Å². The molecule has 1 atom stereocenters. The van der Waals surface area contributed by atoms with Crippen molar-refractivity contribution in [2.24, 2.45) is 11.1 Å². The van der Waals surface area contributed by atoms with Crippen LogP contribution >= 0.6 is 0 Å². The number of aliphatic hydroxyl groups is 2. The summed E-state index contributed by atoms with van der Waals surface area (Å²) in [6.07, 6.45) is 8.28. The maximum Gasteiger partial charge on any atom is 0.303 e. The normalized spacial score (nSPS) is 16.1. The van der Waals surface area contributed by atoms with Gasteiger partial charge in [-0.1, -0.05) is 79.9 Å². The van der Waals surface area contributed by atoms with E-state index in [1.807, 2.05) is 18.2 Å². The van der Waals surface area contributed by atoms with E-state index in [-0.39, 0.29) is 25.0 Å². The molecular formula is C38H52N2O7. The molecule has 9 nitrogen and oxygen atoms in total. The predicted octanol–water partition coefficient (Wildman–Crippen LogP) is 5.76. The van der Waals surface area contributed by atoms with Crippen molar-refractivity contribution in [1.29, 1.82) is 0 Å². The Morgan fingerprint density at radius 2 is 1.62 bits per heavy atom. The Balaban J connectivity index is 0.000000202. The van der Waals surface area contributed by atoms with Gasteiger partial charge in [0.25, 0.3) is 0 Å². The van der Waals surface area contributed by atoms with Crippen LogP contribution in [0.4, 0.5) is 0 Å². The average Bonchev–Trinajstić information content (AvgIpc) is 3.25. The molecule has 2 aliphatic rings. The fraction of sp³-hybridized carbons (Fsp3) is 0.447. The molecule has 1 fully saturated rings. The van der Waals surface area contributed by atoms with E-state index in [2.05, 4.69) is 67.5 Å². The van der Waals surface area contributed by atoms with Crippen LogP contribution in [0.5, 0.6) is 17.2 Å². The lowest BCUT2D eigenvalue weighted by Gasteiger charge is -2.34. The molecule has 5 rings (SSSR count). The van der Waals surface area contributed by atoms with E-state index in [1.54, 1.807) is 19.2 Å². The van der Waals surface area contributed by atoms with E-state index in [9.17, 15) is 4.79 Å². The number of para-hydroxylation sites is 3. The Morgan fingerprint density at radius 1 is 0.979 bits per heavy atom. The molecule has 1 aliphatic carbocycles. The van der Waals surface area contributed by atoms with Crippen molar-refractivity contribution >= 4 is 11.5 Å². The van der Waals surface area contributed by atoms with Gasteiger partial charge in [0.1, 0.15) is 25.1 Å². The minimum absolute atomic E-state index is 0.0525. The number of aliphatic carboxylic acids is 1. The molecule has 0 aromatic heterocycles. The van der Waals surface area contributed by atoms with Crippen molar-refractivity contribution in [2.75, 3.05) is 47.5 Å². The molecule has 1 unspecified atom stereocenters. The monoisotopic (exact) mass is 648 g/mol. The molecule has 0 amide bonds. The molecule has 1 saturated carbocycles. The van der Waals surface area contributed by atoms with Gasteiger partial charge in [-0.2, -0.15) is 0 Å². The van der Waals surface area contributed by atoms with Crippen LogP contribution in [0, 0.1) is 5.41 Å². The first-order valence-corrected chi connectivity index (χ1v) is 16.3. The molecule has 47 heavy (non-hydrogen) atoms. The lowest BCUT2D eigenvalue weighted by atomic mass is 9.72. The Morgan fingerprint density at radius 3 is 2.26 bits per heavy atom. The second kappa shape index (κ2) is 19.7. The molecule has 5 N–H and O–H groups in total. The second-order valence-corrected chi connectivity index (χ2v) is 12.3. The molecule has 0 radical (unpaired) electrons. The van der Waals surface area contributed by atoms with Gasteiger partial charge < -0.3 is 40.2 Å². The number of fused-ring (bicyclic) bond motifs is 2. The smallest absolute Gasteiger partial charge is 0.303 e. The number of carboxylic acid groups (broad SMARTS) is 1. The number of carbonyl (C=O) groups is 1. The number of nitrogens with two attached hydrogens (primary N) is 1. The Labute approximate surface area is 279 Å². The molecular weight excluding hydrogens is 596 g/mol. The third-order valence-corrected chi connectivity index (χ3v) is 8.38. The number of aliphatic hydroxyl groups excluding tert-OH is 2. The van der Waals surface area contributed by atoms with Crippen molar-refractivity contribution < 1.29 is 34.3 Å². The van der Waals surface area contributed by atoms with E-state index in [4.69, 9.17) is 35.3 Å². The number of hydrogen-bond donors (Lipinski definition) is 4. The van der Waals surface area contributed by atoms with Gasteiger partial charge in [0.15, 0.2) is 11.5 Å². The maximum absolute atomic E-state index is 10.6. The Bertz CT molecular complexity index is 1350. The largest absolute Gasteiger partial charge is 0.493 e. The molecule has 3 aromatic rings. The molecule has 3 aromatic carbocycles. The van der Waals surface area contributed by atoms with Crippen LogP contribution in [0.2, 0.25) is 0 Å². The number of benzene rings is 3. The minimum atomic E-state index is -0.861. The van der Waals surface area contributed by atoms with Gasteiger partial charge in [-0.3, -0.25) is 4.79 Å². The third kappa shape index (κ3) is 12.0. The lowest BCUT2D eigenvalue weighted by molar-refractivity contribution is -0.140. The number of rotatable bonds is 11. The minimum Gasteiger partial charge on any atom is -0.493 e. The van der Waals surface area contributed by atoms with Crippen LogP contribution in [0.1, 0.15) is 61.6 Å². The quantitative estimate of drug-likeness (QED) is 0.205. The molecule has 1 aliphatic heterocycles. The number of nitrogens with zero attached hydrogens (tertiary/aromatic N) is 1. The van der Waals surface area contributed by atoms with Crippen molar-refractivity contribution in [3.63, 3.8) is 0 Å². The highest BCUT2D eigenvalue weighted by Crippen LogP contribution is 2.38. The average molecular weight is 649 g/mol. The second-order valence-electron chi connectivity index (χ2n) is 12.3. The van der Waals surface area contributed by atoms with Crippen LogP contribution < -0.4 is 19.9 Å². The zero-order chi connectivity index (χ0) is 34.1. The highest BCUT2D eigenvalue weighted by Gasteiger charge is 2.32. The van der Waals surface area contributed by atoms with Gasteiger partial charge in [-0.05, 0) is 80.2 Å². The molecule has 0 spiro atoms. The zero-order valence-electron chi connectivity index (χ0n) is 28.1. The molecule has 256 valence electrons. The summed E-state index contributed by atoms with van der Waals surface area (Å²) in [5.74, 6) is 1.44. The van der Waals surface area contributed by atoms with E-state index >= 15 is 0 Å². The van der Waals surface area contributed by atoms with Gasteiger partial charge >= 0.3 is 5.97 Å². The molecule has 9 heteroatoms. The van der Waals surface area contributed by atoms with Crippen LogP contribution in [0.25, 0.3) is 5.57 Å². The first kappa shape index (κ1) is 37.6. The number of carboxylic acids is 1. The Hall–Kier alpha value is -3.89. The van der Waals surface area contributed by atoms with Crippen molar-refractivity contribution in [3.8, 4) is 17.2 Å². The van der Waals surface area contributed by atoms with E-state index in [0.717, 1.165) is 44.4 Å². The summed E-state index contributed by atoms with van der Waals surface area (Å²) in [5, 5.41) is 26.4. The summed E-state index contributed by atoms with van der Waals surface area (Å²) >= 11 is 0. The number of methoxy groups -OCH3 is 1. The summed E-state index contributed by atoms with van der Waals surface area (Å²) in [7, 11) is 5.76. The predicted molar refractivity (Wildman–Crippen MR) is 186 cm³/mol. The van der Waals surface area contributed by atoms with Gasteiger partial charge in [-0.15, -0.1) is 0 Å². The van der Waals surface area contributed by atoms with E-state index in [1.165, 1.54) is 28.7 Å².